The molecular formula is C18H20N6O3. The van der Waals surface area contributed by atoms with Gasteiger partial charge in [-0.2, -0.15) is 5.10 Å². The Hall–Kier alpha value is -3.36. The van der Waals surface area contributed by atoms with E-state index in [-0.39, 0.29) is 11.8 Å². The molecule has 0 saturated carbocycles. The molecule has 1 aliphatic heterocycles. The molecule has 0 radical (unpaired) electrons. The summed E-state index contributed by atoms with van der Waals surface area (Å²) < 4.78 is 7.32. The van der Waals surface area contributed by atoms with E-state index in [1.807, 2.05) is 0 Å². The molecule has 1 unspecified atom stereocenters. The largest absolute Gasteiger partial charge is 0.454 e. The second kappa shape index (κ2) is 7.10. The van der Waals surface area contributed by atoms with E-state index in [0.29, 0.717) is 36.7 Å². The third-order valence-electron chi connectivity index (χ3n) is 4.82. The molecule has 0 bridgehead atoms. The van der Waals surface area contributed by atoms with Gasteiger partial charge in [0.25, 0.3) is 11.8 Å². The minimum Gasteiger partial charge on any atom is -0.454 e. The van der Waals surface area contributed by atoms with Gasteiger partial charge in [-0.3, -0.25) is 9.59 Å². The fourth-order valence-electron chi connectivity index (χ4n) is 3.54. The smallest absolute Gasteiger partial charge is 0.289 e. The van der Waals surface area contributed by atoms with Crippen molar-refractivity contribution >= 4 is 11.8 Å². The molecule has 0 aliphatic carbocycles. The van der Waals surface area contributed by atoms with E-state index in [1.54, 1.807) is 40.3 Å². The van der Waals surface area contributed by atoms with Crippen LogP contribution in [0.1, 0.15) is 51.1 Å². The third-order valence-corrected chi connectivity index (χ3v) is 4.82. The number of carbonyl (C=O) groups is 2. The van der Waals surface area contributed by atoms with Gasteiger partial charge in [0.2, 0.25) is 0 Å². The van der Waals surface area contributed by atoms with E-state index in [1.165, 1.54) is 6.33 Å². The summed E-state index contributed by atoms with van der Waals surface area (Å²) >= 11 is 0. The number of amides is 2. The molecule has 27 heavy (non-hydrogen) atoms. The van der Waals surface area contributed by atoms with E-state index >= 15 is 0 Å². The standard InChI is InChI=1S/C18H20N6O3/c19-17(25)14-5-6-21-16(14)12-2-1-7-23(8-12)18(26)15-4-3-13(27-15)9-24-11-20-10-22-24/h3-6,10-12,21H,1-2,7-9H2,(H2,19,25). The lowest BCUT2D eigenvalue weighted by Gasteiger charge is -2.32. The molecular weight excluding hydrogens is 348 g/mol. The van der Waals surface area contributed by atoms with Crippen molar-refractivity contribution in [3.63, 3.8) is 0 Å². The van der Waals surface area contributed by atoms with Gasteiger partial charge >= 0.3 is 0 Å². The number of likely N-dealkylation sites (tertiary alicyclic amines) is 1. The second-order valence-electron chi connectivity index (χ2n) is 6.62. The van der Waals surface area contributed by atoms with Crippen LogP contribution in [-0.4, -0.2) is 49.6 Å². The molecule has 4 rings (SSSR count). The summed E-state index contributed by atoms with van der Waals surface area (Å²) in [5.41, 5.74) is 6.73. The van der Waals surface area contributed by atoms with Gasteiger partial charge in [0, 0.05) is 30.9 Å². The first-order chi connectivity index (χ1) is 13.1. The Kier molecular flexibility index (Phi) is 4.49. The van der Waals surface area contributed by atoms with Crippen LogP contribution < -0.4 is 5.73 Å². The average molecular weight is 368 g/mol. The fourth-order valence-corrected chi connectivity index (χ4v) is 3.54. The maximum absolute atomic E-state index is 12.8. The van der Waals surface area contributed by atoms with Crippen LogP contribution in [0.5, 0.6) is 0 Å². The maximum Gasteiger partial charge on any atom is 0.289 e. The Balaban J connectivity index is 1.46. The zero-order valence-corrected chi connectivity index (χ0v) is 14.7. The van der Waals surface area contributed by atoms with E-state index in [9.17, 15) is 9.59 Å². The lowest BCUT2D eigenvalue weighted by molar-refractivity contribution is 0.0671. The van der Waals surface area contributed by atoms with Crippen LogP contribution >= 0.6 is 0 Å². The number of primary amides is 1. The molecule has 3 N–H and O–H groups in total. The highest BCUT2D eigenvalue weighted by Crippen LogP contribution is 2.29. The first-order valence-electron chi connectivity index (χ1n) is 8.79. The zero-order chi connectivity index (χ0) is 18.8. The van der Waals surface area contributed by atoms with Crippen molar-refractivity contribution < 1.29 is 14.0 Å². The summed E-state index contributed by atoms with van der Waals surface area (Å²) in [4.78, 5) is 33.2. The minimum absolute atomic E-state index is 0.0461. The molecule has 140 valence electrons. The summed E-state index contributed by atoms with van der Waals surface area (Å²) in [5.74, 6) is 0.366. The van der Waals surface area contributed by atoms with E-state index in [2.05, 4.69) is 15.1 Å². The molecule has 4 heterocycles. The SMILES string of the molecule is NC(=O)c1cc[nH]c1C1CCCN(C(=O)c2ccc(Cn3cncn3)o2)C1. The average Bonchev–Trinajstić information content (AvgIpc) is 3.43. The first kappa shape index (κ1) is 17.1. The van der Waals surface area contributed by atoms with Crippen LogP contribution in [0.2, 0.25) is 0 Å². The Morgan fingerprint density at radius 1 is 1.33 bits per heavy atom. The van der Waals surface area contributed by atoms with Gasteiger partial charge < -0.3 is 20.0 Å². The highest BCUT2D eigenvalue weighted by molar-refractivity contribution is 5.94. The Bertz CT molecular complexity index is 942. The number of piperidine rings is 1. The van der Waals surface area contributed by atoms with Gasteiger partial charge in [0.1, 0.15) is 25.0 Å². The summed E-state index contributed by atoms with van der Waals surface area (Å²) in [6.45, 7) is 1.58. The van der Waals surface area contributed by atoms with E-state index < -0.39 is 5.91 Å². The van der Waals surface area contributed by atoms with E-state index in [0.717, 1.165) is 18.5 Å². The monoisotopic (exact) mass is 368 g/mol. The number of carbonyl (C=O) groups excluding carboxylic acids is 2. The Labute approximate surface area is 155 Å². The molecule has 1 saturated heterocycles. The lowest BCUT2D eigenvalue weighted by atomic mass is 9.92. The van der Waals surface area contributed by atoms with Crippen molar-refractivity contribution in [3.05, 3.63) is 59.8 Å². The van der Waals surface area contributed by atoms with Crippen LogP contribution in [0.25, 0.3) is 0 Å². The number of furan rings is 1. The van der Waals surface area contributed by atoms with Crippen LogP contribution in [0.15, 0.2) is 41.5 Å². The van der Waals surface area contributed by atoms with Gasteiger partial charge in [-0.25, -0.2) is 9.67 Å². The zero-order valence-electron chi connectivity index (χ0n) is 14.7. The molecule has 1 fully saturated rings. The summed E-state index contributed by atoms with van der Waals surface area (Å²) in [5, 5.41) is 4.03. The molecule has 1 atom stereocenters. The van der Waals surface area contributed by atoms with Crippen LogP contribution in [0.4, 0.5) is 0 Å². The number of aromatic amines is 1. The molecule has 9 nitrogen and oxygen atoms in total. The number of hydrogen-bond acceptors (Lipinski definition) is 5. The number of aromatic nitrogens is 4. The summed E-state index contributed by atoms with van der Waals surface area (Å²) in [6, 6.07) is 5.13. The van der Waals surface area contributed by atoms with Gasteiger partial charge in [0.05, 0.1) is 5.56 Å². The van der Waals surface area contributed by atoms with E-state index in [4.69, 9.17) is 10.2 Å². The summed E-state index contributed by atoms with van der Waals surface area (Å²) in [6.07, 6.45) is 6.48. The molecule has 0 spiro atoms. The van der Waals surface area contributed by atoms with Crippen molar-refractivity contribution in [1.29, 1.82) is 0 Å². The number of nitrogens with two attached hydrogens (primary N) is 1. The van der Waals surface area contributed by atoms with Crippen LogP contribution in [-0.2, 0) is 6.54 Å². The summed E-state index contributed by atoms with van der Waals surface area (Å²) in [7, 11) is 0. The fraction of sp³-hybridized carbons (Fsp3) is 0.333. The van der Waals surface area contributed by atoms with Crippen molar-refractivity contribution in [2.75, 3.05) is 13.1 Å². The molecule has 9 heteroatoms. The molecule has 1 aliphatic rings. The Morgan fingerprint density at radius 3 is 3.00 bits per heavy atom. The quantitative estimate of drug-likeness (QED) is 0.704. The van der Waals surface area contributed by atoms with Crippen LogP contribution in [0, 0.1) is 0 Å². The van der Waals surface area contributed by atoms with Crippen molar-refractivity contribution in [3.8, 4) is 0 Å². The lowest BCUT2D eigenvalue weighted by Crippen LogP contribution is -2.39. The van der Waals surface area contributed by atoms with Gasteiger partial charge in [-0.1, -0.05) is 0 Å². The maximum atomic E-state index is 12.8. The second-order valence-corrected chi connectivity index (χ2v) is 6.62. The number of H-pyrrole nitrogens is 1. The molecule has 2 amide bonds. The number of nitrogens with one attached hydrogen (secondary N) is 1. The molecule has 0 aromatic carbocycles. The normalized spacial score (nSPS) is 17.2. The minimum atomic E-state index is -0.460. The number of hydrogen-bond donors (Lipinski definition) is 2. The molecule has 3 aromatic heterocycles. The van der Waals surface area contributed by atoms with Gasteiger partial charge in [0.15, 0.2) is 5.76 Å². The first-order valence-corrected chi connectivity index (χ1v) is 8.79. The topological polar surface area (TPSA) is 123 Å². The van der Waals surface area contributed by atoms with Gasteiger partial charge in [-0.15, -0.1) is 0 Å². The predicted molar refractivity (Wildman–Crippen MR) is 95.0 cm³/mol. The highest BCUT2D eigenvalue weighted by atomic mass is 16.4. The van der Waals surface area contributed by atoms with Crippen molar-refractivity contribution in [1.82, 2.24) is 24.6 Å². The molecule has 3 aromatic rings. The number of nitrogens with zero attached hydrogens (tertiary/aromatic N) is 4. The van der Waals surface area contributed by atoms with Crippen molar-refractivity contribution in [2.45, 2.75) is 25.3 Å². The highest BCUT2D eigenvalue weighted by Gasteiger charge is 2.29. The third kappa shape index (κ3) is 3.48. The van der Waals surface area contributed by atoms with Crippen LogP contribution in [0.3, 0.4) is 0 Å². The predicted octanol–water partition coefficient (Wildman–Crippen LogP) is 1.37. The Morgan fingerprint density at radius 2 is 2.22 bits per heavy atom. The van der Waals surface area contributed by atoms with Gasteiger partial charge in [-0.05, 0) is 31.0 Å². The van der Waals surface area contributed by atoms with Crippen molar-refractivity contribution in [2.24, 2.45) is 5.73 Å². The number of rotatable bonds is 5.